The van der Waals surface area contributed by atoms with Gasteiger partial charge in [0.1, 0.15) is 0 Å². The van der Waals surface area contributed by atoms with Gasteiger partial charge >= 0.3 is 0 Å². The zero-order valence-electron chi connectivity index (χ0n) is 17.8. The molecule has 158 valence electrons. The van der Waals surface area contributed by atoms with Gasteiger partial charge in [0.25, 0.3) is 5.56 Å². The molecule has 0 fully saturated rings. The maximum Gasteiger partial charge on any atom is 0.253 e. The molecule has 3 aromatic rings. The molecule has 0 amide bonds. The van der Waals surface area contributed by atoms with Gasteiger partial charge in [-0.25, -0.2) is 9.97 Å². The standard InChI is InChI=1S/C22H23N3OS.C2H6O/c1-4-11-25-15-24-20(13-22(25)26)19-8-6-5-7-18(19)16(2)12-17-9-10-21(27-3)23-14-17;1-2-3/h5-10,13-15H,2,4,11-12H2,1,3H3;3H,2H2,1H3. The van der Waals surface area contributed by atoms with E-state index in [1.807, 2.05) is 49.7 Å². The molecule has 30 heavy (non-hydrogen) atoms. The number of allylic oxidation sites excluding steroid dienone is 1. The van der Waals surface area contributed by atoms with Gasteiger partial charge in [-0.1, -0.05) is 43.8 Å². The summed E-state index contributed by atoms with van der Waals surface area (Å²) in [5.74, 6) is 0. The highest BCUT2D eigenvalue weighted by Gasteiger charge is 2.11. The minimum absolute atomic E-state index is 0.0286. The summed E-state index contributed by atoms with van der Waals surface area (Å²) >= 11 is 1.62. The van der Waals surface area contributed by atoms with E-state index in [1.54, 1.807) is 35.6 Å². The third-order valence-corrected chi connectivity index (χ3v) is 5.01. The van der Waals surface area contributed by atoms with Crippen molar-refractivity contribution in [3.63, 3.8) is 0 Å². The Morgan fingerprint density at radius 1 is 1.17 bits per heavy atom. The van der Waals surface area contributed by atoms with Crippen LogP contribution in [0.15, 0.2) is 71.4 Å². The van der Waals surface area contributed by atoms with E-state index in [1.165, 1.54) is 0 Å². The lowest BCUT2D eigenvalue weighted by Gasteiger charge is -2.13. The average molecular weight is 424 g/mol. The van der Waals surface area contributed by atoms with Crippen LogP contribution in [0, 0.1) is 0 Å². The summed E-state index contributed by atoms with van der Waals surface area (Å²) in [6.45, 7) is 8.93. The van der Waals surface area contributed by atoms with Gasteiger partial charge in [0, 0.05) is 31.0 Å². The number of aliphatic hydroxyl groups excluding tert-OH is 1. The van der Waals surface area contributed by atoms with E-state index < -0.39 is 0 Å². The summed E-state index contributed by atoms with van der Waals surface area (Å²) in [5, 5.41) is 8.57. The predicted molar refractivity (Wildman–Crippen MR) is 126 cm³/mol. The maximum atomic E-state index is 12.3. The molecule has 5 nitrogen and oxygen atoms in total. The lowest BCUT2D eigenvalue weighted by atomic mass is 9.94. The number of hydrogen-bond acceptors (Lipinski definition) is 5. The number of aryl methyl sites for hydroxylation is 1. The van der Waals surface area contributed by atoms with Crippen molar-refractivity contribution in [1.82, 2.24) is 14.5 Å². The van der Waals surface area contributed by atoms with Crippen LogP contribution in [0.3, 0.4) is 0 Å². The number of pyridine rings is 1. The topological polar surface area (TPSA) is 68.0 Å². The van der Waals surface area contributed by atoms with E-state index >= 15 is 0 Å². The van der Waals surface area contributed by atoms with Crippen molar-refractivity contribution in [3.8, 4) is 11.3 Å². The normalized spacial score (nSPS) is 10.3. The van der Waals surface area contributed by atoms with Crippen molar-refractivity contribution in [2.24, 2.45) is 0 Å². The Morgan fingerprint density at radius 3 is 2.50 bits per heavy atom. The van der Waals surface area contributed by atoms with E-state index in [0.29, 0.717) is 18.7 Å². The summed E-state index contributed by atoms with van der Waals surface area (Å²) in [5.41, 5.74) is 4.67. The van der Waals surface area contributed by atoms with Crippen LogP contribution in [-0.2, 0) is 13.0 Å². The van der Waals surface area contributed by atoms with Crippen molar-refractivity contribution >= 4 is 17.3 Å². The summed E-state index contributed by atoms with van der Waals surface area (Å²) in [6.07, 6.45) is 7.14. The number of aliphatic hydroxyl groups is 1. The van der Waals surface area contributed by atoms with Gasteiger partial charge in [0.2, 0.25) is 0 Å². The van der Waals surface area contributed by atoms with Crippen molar-refractivity contribution in [2.45, 2.75) is 38.3 Å². The van der Waals surface area contributed by atoms with Crippen LogP contribution in [0.1, 0.15) is 31.4 Å². The molecule has 0 aliphatic rings. The molecule has 0 radical (unpaired) electrons. The second-order valence-corrected chi connectivity index (χ2v) is 7.48. The Labute approximate surface area is 182 Å². The smallest absolute Gasteiger partial charge is 0.253 e. The minimum Gasteiger partial charge on any atom is -0.397 e. The van der Waals surface area contributed by atoms with Gasteiger partial charge < -0.3 is 5.11 Å². The van der Waals surface area contributed by atoms with Gasteiger partial charge in [-0.2, -0.15) is 0 Å². The van der Waals surface area contributed by atoms with Crippen LogP contribution < -0.4 is 5.56 Å². The van der Waals surface area contributed by atoms with E-state index in [4.69, 9.17) is 5.11 Å². The van der Waals surface area contributed by atoms with Crippen molar-refractivity contribution < 1.29 is 5.11 Å². The van der Waals surface area contributed by atoms with Crippen molar-refractivity contribution in [1.29, 1.82) is 0 Å². The number of nitrogens with zero attached hydrogens (tertiary/aromatic N) is 3. The molecular weight excluding hydrogens is 394 g/mol. The van der Waals surface area contributed by atoms with Gasteiger partial charge in [-0.3, -0.25) is 9.36 Å². The molecule has 0 bridgehead atoms. The summed E-state index contributed by atoms with van der Waals surface area (Å²) in [6, 6.07) is 13.7. The molecule has 0 aliphatic heterocycles. The van der Waals surface area contributed by atoms with Crippen LogP contribution >= 0.6 is 11.8 Å². The van der Waals surface area contributed by atoms with E-state index in [9.17, 15) is 4.79 Å². The molecule has 0 saturated heterocycles. The fourth-order valence-corrected chi connectivity index (χ4v) is 3.34. The van der Waals surface area contributed by atoms with Crippen LogP contribution in [0.4, 0.5) is 0 Å². The van der Waals surface area contributed by atoms with Crippen molar-refractivity contribution in [3.05, 3.63) is 83.0 Å². The number of aromatic nitrogens is 3. The molecule has 0 unspecified atom stereocenters. The first-order valence-corrected chi connectivity index (χ1v) is 11.2. The quantitative estimate of drug-likeness (QED) is 0.558. The molecule has 2 heterocycles. The second-order valence-electron chi connectivity index (χ2n) is 6.66. The summed E-state index contributed by atoms with van der Waals surface area (Å²) < 4.78 is 1.64. The molecule has 0 atom stereocenters. The molecule has 0 spiro atoms. The minimum atomic E-state index is -0.0286. The van der Waals surface area contributed by atoms with Crippen LogP contribution in [0.25, 0.3) is 16.8 Å². The lowest BCUT2D eigenvalue weighted by molar-refractivity contribution is 0.318. The zero-order valence-corrected chi connectivity index (χ0v) is 18.7. The highest BCUT2D eigenvalue weighted by Crippen LogP contribution is 2.28. The van der Waals surface area contributed by atoms with Crippen LogP contribution in [0.5, 0.6) is 0 Å². The Morgan fingerprint density at radius 2 is 1.90 bits per heavy atom. The summed E-state index contributed by atoms with van der Waals surface area (Å²) in [7, 11) is 0. The van der Waals surface area contributed by atoms with Gasteiger partial charge in [-0.05, 0) is 48.8 Å². The van der Waals surface area contributed by atoms with Gasteiger partial charge in [0.05, 0.1) is 17.0 Å². The zero-order chi connectivity index (χ0) is 21.9. The number of rotatable bonds is 7. The largest absolute Gasteiger partial charge is 0.397 e. The fourth-order valence-electron chi connectivity index (χ4n) is 2.97. The Bertz CT molecular complexity index is 1010. The van der Waals surface area contributed by atoms with E-state index in [2.05, 4.69) is 22.6 Å². The van der Waals surface area contributed by atoms with Crippen molar-refractivity contribution in [2.75, 3.05) is 12.9 Å². The molecule has 0 aliphatic carbocycles. The van der Waals surface area contributed by atoms with Crippen LogP contribution in [-0.4, -0.2) is 32.5 Å². The first-order chi connectivity index (χ1) is 14.5. The molecule has 0 saturated carbocycles. The Hall–Kier alpha value is -2.70. The predicted octanol–water partition coefficient (Wildman–Crippen LogP) is 4.69. The highest BCUT2D eigenvalue weighted by molar-refractivity contribution is 7.98. The monoisotopic (exact) mass is 423 g/mol. The first-order valence-electron chi connectivity index (χ1n) is 9.97. The number of hydrogen-bond donors (Lipinski definition) is 1. The SMILES string of the molecule is C=C(Cc1ccc(SC)nc1)c1ccccc1-c1cc(=O)n(CCC)cn1.CCO. The van der Waals surface area contributed by atoms with Crippen LogP contribution in [0.2, 0.25) is 0 Å². The first kappa shape index (κ1) is 23.6. The van der Waals surface area contributed by atoms with E-state index in [0.717, 1.165) is 33.7 Å². The van der Waals surface area contributed by atoms with Gasteiger partial charge in [0.15, 0.2) is 0 Å². The third kappa shape index (κ3) is 6.40. The third-order valence-electron chi connectivity index (χ3n) is 4.35. The Balaban J connectivity index is 0.00000101. The lowest BCUT2D eigenvalue weighted by Crippen LogP contribution is -2.19. The average Bonchev–Trinajstić information content (AvgIpc) is 2.76. The second kappa shape index (κ2) is 12.1. The number of benzene rings is 1. The molecule has 2 aromatic heterocycles. The molecule has 1 aromatic carbocycles. The Kier molecular flexibility index (Phi) is 9.51. The highest BCUT2D eigenvalue weighted by atomic mass is 32.2. The molecule has 1 N–H and O–H groups in total. The fraction of sp³-hybridized carbons (Fsp3) is 0.292. The summed E-state index contributed by atoms with van der Waals surface area (Å²) in [4.78, 5) is 21.3. The number of thioether (sulfide) groups is 1. The molecule has 6 heteroatoms. The molecule has 3 rings (SSSR count). The van der Waals surface area contributed by atoms with Gasteiger partial charge in [-0.15, -0.1) is 11.8 Å². The van der Waals surface area contributed by atoms with E-state index in [-0.39, 0.29) is 12.2 Å². The maximum absolute atomic E-state index is 12.3. The molecular formula is C24H29N3O2S.